The zero-order valence-corrected chi connectivity index (χ0v) is 13.0. The number of allylic oxidation sites excluding steroid dienone is 1. The van der Waals surface area contributed by atoms with Gasteiger partial charge in [0, 0.05) is 5.22 Å². The van der Waals surface area contributed by atoms with E-state index in [2.05, 4.69) is 40.3 Å². The maximum Gasteiger partial charge on any atom is 0.146 e. The zero-order chi connectivity index (χ0) is 15.3. The topological polar surface area (TPSA) is 26.0 Å². The van der Waals surface area contributed by atoms with Crippen molar-refractivity contribution in [2.45, 2.75) is 40.5 Å². The van der Waals surface area contributed by atoms with Crippen molar-refractivity contribution in [3.63, 3.8) is 0 Å². The van der Waals surface area contributed by atoms with Gasteiger partial charge in [-0.25, -0.2) is 4.39 Å². The Labute approximate surface area is 121 Å². The van der Waals surface area contributed by atoms with Crippen LogP contribution in [-0.2, 0) is 0 Å². The van der Waals surface area contributed by atoms with Gasteiger partial charge in [-0.05, 0) is 35.6 Å². The molecule has 0 aliphatic heterocycles. The number of halogens is 1. The van der Waals surface area contributed by atoms with Gasteiger partial charge in [-0.1, -0.05) is 58.4 Å². The Morgan fingerprint density at radius 1 is 1.30 bits per heavy atom. The van der Waals surface area contributed by atoms with E-state index in [0.717, 1.165) is 28.9 Å². The molecule has 0 bridgehead atoms. The SMILES string of the molecule is C=C(/C=c1/c(N)c(F)cc/c1=C/C(C)CC)C(C)CC. The molecule has 0 saturated carbocycles. The molecule has 1 aromatic carbocycles. The number of anilines is 1. The number of hydrogen-bond acceptors (Lipinski definition) is 1. The van der Waals surface area contributed by atoms with Crippen molar-refractivity contribution in [2.75, 3.05) is 5.73 Å². The van der Waals surface area contributed by atoms with Crippen LogP contribution < -0.4 is 16.2 Å². The summed E-state index contributed by atoms with van der Waals surface area (Å²) < 4.78 is 13.7. The van der Waals surface area contributed by atoms with Crippen LogP contribution in [0, 0.1) is 17.7 Å². The summed E-state index contributed by atoms with van der Waals surface area (Å²) in [6, 6.07) is 3.24. The van der Waals surface area contributed by atoms with E-state index in [-0.39, 0.29) is 11.5 Å². The van der Waals surface area contributed by atoms with Crippen LogP contribution in [0.4, 0.5) is 10.1 Å². The Kier molecular flexibility index (Phi) is 6.00. The van der Waals surface area contributed by atoms with Crippen molar-refractivity contribution in [2.24, 2.45) is 11.8 Å². The molecular formula is C18H26FN. The van der Waals surface area contributed by atoms with Crippen molar-refractivity contribution < 1.29 is 4.39 Å². The van der Waals surface area contributed by atoms with Gasteiger partial charge in [0.15, 0.2) is 0 Å². The van der Waals surface area contributed by atoms with E-state index >= 15 is 0 Å². The van der Waals surface area contributed by atoms with Gasteiger partial charge in [-0.2, -0.15) is 0 Å². The molecule has 0 spiro atoms. The summed E-state index contributed by atoms with van der Waals surface area (Å²) in [5.74, 6) is 0.437. The number of hydrogen-bond donors (Lipinski definition) is 1. The van der Waals surface area contributed by atoms with Crippen LogP contribution in [0.1, 0.15) is 40.5 Å². The second-order valence-corrected chi connectivity index (χ2v) is 5.54. The minimum Gasteiger partial charge on any atom is -0.396 e. The Morgan fingerprint density at radius 2 is 1.95 bits per heavy atom. The first-order valence-electron chi connectivity index (χ1n) is 7.37. The van der Waals surface area contributed by atoms with E-state index < -0.39 is 0 Å². The van der Waals surface area contributed by atoms with E-state index in [4.69, 9.17) is 5.73 Å². The molecule has 110 valence electrons. The third-order valence-corrected chi connectivity index (χ3v) is 3.95. The lowest BCUT2D eigenvalue weighted by atomic mass is 9.97. The van der Waals surface area contributed by atoms with Gasteiger partial charge in [-0.15, -0.1) is 0 Å². The predicted octanol–water partition coefficient (Wildman–Crippen LogP) is 3.62. The summed E-state index contributed by atoms with van der Waals surface area (Å²) in [6.07, 6.45) is 6.13. The first-order valence-corrected chi connectivity index (χ1v) is 7.37. The van der Waals surface area contributed by atoms with Gasteiger partial charge in [-0.3, -0.25) is 0 Å². The summed E-state index contributed by atoms with van der Waals surface area (Å²) in [5, 5.41) is 1.75. The number of nitrogen functional groups attached to an aromatic ring is 1. The monoisotopic (exact) mass is 275 g/mol. The van der Waals surface area contributed by atoms with Crippen molar-refractivity contribution >= 4 is 17.8 Å². The molecule has 2 unspecified atom stereocenters. The summed E-state index contributed by atoms with van der Waals surface area (Å²) in [6.45, 7) is 12.6. The fourth-order valence-corrected chi connectivity index (χ4v) is 1.95. The molecule has 0 amide bonds. The molecule has 2 heteroatoms. The first-order chi connectivity index (χ1) is 9.40. The Morgan fingerprint density at radius 3 is 2.50 bits per heavy atom. The van der Waals surface area contributed by atoms with E-state index in [9.17, 15) is 4.39 Å². The molecule has 0 saturated heterocycles. The average molecular weight is 275 g/mol. The van der Waals surface area contributed by atoms with Gasteiger partial charge >= 0.3 is 0 Å². The quantitative estimate of drug-likeness (QED) is 0.816. The molecule has 0 fully saturated rings. The van der Waals surface area contributed by atoms with Crippen molar-refractivity contribution in [1.82, 2.24) is 0 Å². The average Bonchev–Trinajstić information content (AvgIpc) is 2.45. The Balaban J connectivity index is 3.50. The molecule has 2 N–H and O–H groups in total. The lowest BCUT2D eigenvalue weighted by Crippen LogP contribution is -2.30. The molecule has 0 aromatic heterocycles. The lowest BCUT2D eigenvalue weighted by Gasteiger charge is -2.09. The molecule has 1 nitrogen and oxygen atoms in total. The van der Waals surface area contributed by atoms with Gasteiger partial charge in [0.05, 0.1) is 5.69 Å². The van der Waals surface area contributed by atoms with Crippen LogP contribution in [0.2, 0.25) is 0 Å². The smallest absolute Gasteiger partial charge is 0.146 e. The van der Waals surface area contributed by atoms with Gasteiger partial charge < -0.3 is 5.73 Å². The van der Waals surface area contributed by atoms with Gasteiger partial charge in [0.25, 0.3) is 0 Å². The molecule has 0 aliphatic carbocycles. The minimum absolute atomic E-state index is 0.214. The number of nitrogens with two attached hydrogens (primary N) is 1. The molecule has 1 rings (SSSR count). The van der Waals surface area contributed by atoms with E-state index in [1.165, 1.54) is 6.07 Å². The second-order valence-electron chi connectivity index (χ2n) is 5.54. The van der Waals surface area contributed by atoms with Gasteiger partial charge in [0.2, 0.25) is 0 Å². The maximum atomic E-state index is 13.7. The lowest BCUT2D eigenvalue weighted by molar-refractivity contribution is 0.630. The fraction of sp³-hybridized carbons (Fsp3) is 0.444. The normalized spacial score (nSPS) is 16.2. The highest BCUT2D eigenvalue weighted by Crippen LogP contribution is 2.13. The van der Waals surface area contributed by atoms with Crippen LogP contribution in [0.25, 0.3) is 12.2 Å². The third-order valence-electron chi connectivity index (χ3n) is 3.95. The predicted molar refractivity (Wildman–Crippen MR) is 87.0 cm³/mol. The molecule has 2 atom stereocenters. The van der Waals surface area contributed by atoms with Crippen LogP contribution in [0.3, 0.4) is 0 Å². The van der Waals surface area contributed by atoms with E-state index in [1.807, 2.05) is 6.08 Å². The van der Waals surface area contributed by atoms with Crippen molar-refractivity contribution in [1.29, 1.82) is 0 Å². The molecular weight excluding hydrogens is 249 g/mol. The second kappa shape index (κ2) is 7.28. The Bertz CT molecular complexity index is 586. The van der Waals surface area contributed by atoms with Crippen LogP contribution >= 0.6 is 0 Å². The molecule has 0 aliphatic rings. The molecule has 0 heterocycles. The summed E-state index contributed by atoms with van der Waals surface area (Å²) in [7, 11) is 0. The van der Waals surface area contributed by atoms with Gasteiger partial charge in [0.1, 0.15) is 5.82 Å². The maximum absolute atomic E-state index is 13.7. The zero-order valence-electron chi connectivity index (χ0n) is 13.0. The minimum atomic E-state index is -0.366. The summed E-state index contributed by atoms with van der Waals surface area (Å²) >= 11 is 0. The Hall–Kier alpha value is -1.57. The van der Waals surface area contributed by atoms with Crippen LogP contribution in [-0.4, -0.2) is 0 Å². The number of rotatable bonds is 5. The highest BCUT2D eigenvalue weighted by atomic mass is 19.1. The van der Waals surface area contributed by atoms with Crippen molar-refractivity contribution in [3.05, 3.63) is 40.5 Å². The highest BCUT2D eigenvalue weighted by molar-refractivity contribution is 5.56. The standard InChI is InChI=1S/C18H26FN/c1-6-12(3)10-15-8-9-17(19)18(20)16(15)11-14(5)13(4)7-2/h8-13H,5-7,20H2,1-4H3/b15-10-,16-11+. The van der Waals surface area contributed by atoms with E-state index in [0.29, 0.717) is 11.8 Å². The number of benzene rings is 1. The largest absolute Gasteiger partial charge is 0.396 e. The van der Waals surface area contributed by atoms with Crippen molar-refractivity contribution in [3.8, 4) is 0 Å². The summed E-state index contributed by atoms with van der Waals surface area (Å²) in [4.78, 5) is 0. The van der Waals surface area contributed by atoms with Crippen LogP contribution in [0.5, 0.6) is 0 Å². The third kappa shape index (κ3) is 3.96. The summed E-state index contributed by atoms with van der Waals surface area (Å²) in [5.41, 5.74) is 7.13. The fourth-order valence-electron chi connectivity index (χ4n) is 1.95. The molecule has 1 aromatic rings. The molecule has 20 heavy (non-hydrogen) atoms. The first kappa shape index (κ1) is 16.5. The molecule has 0 radical (unpaired) electrons. The highest BCUT2D eigenvalue weighted by Gasteiger charge is 2.05. The van der Waals surface area contributed by atoms with E-state index in [1.54, 1.807) is 6.07 Å². The van der Waals surface area contributed by atoms with Crippen LogP contribution in [0.15, 0.2) is 24.3 Å².